The molecule has 8 heteroatoms. The predicted octanol–water partition coefficient (Wildman–Crippen LogP) is 4.85. The summed E-state index contributed by atoms with van der Waals surface area (Å²) in [4.78, 5) is 0. The molecule has 0 saturated heterocycles. The monoisotopic (exact) mass is 321 g/mol. The molecule has 0 spiro atoms. The Balaban J connectivity index is 2.34. The normalized spacial score (nSPS) is 12.3. The summed E-state index contributed by atoms with van der Waals surface area (Å²) >= 11 is 0. The molecule has 0 heterocycles. The van der Waals surface area contributed by atoms with Crippen molar-refractivity contribution in [2.24, 2.45) is 0 Å². The molecule has 0 aliphatic heterocycles. The van der Waals surface area contributed by atoms with E-state index < -0.39 is 23.9 Å². The van der Waals surface area contributed by atoms with Crippen molar-refractivity contribution in [3.05, 3.63) is 48.0 Å². The van der Waals surface area contributed by atoms with Gasteiger partial charge in [-0.2, -0.15) is 13.2 Å². The van der Waals surface area contributed by atoms with E-state index in [9.17, 15) is 26.3 Å². The average molecular weight is 321 g/mol. The highest BCUT2D eigenvalue weighted by Crippen LogP contribution is 2.34. The van der Waals surface area contributed by atoms with Gasteiger partial charge in [-0.05, 0) is 41.5 Å². The standard InChI is InChI=1S/C14H9F6NO/c15-13(16,17)10-5-9(6-11(21)7-10)8-1-3-12(4-2-8)22-14(18,19)20/h1-7H,21H2. The molecule has 2 N–H and O–H groups in total. The fourth-order valence-corrected chi connectivity index (χ4v) is 1.83. The van der Waals surface area contributed by atoms with Gasteiger partial charge >= 0.3 is 12.5 Å². The topological polar surface area (TPSA) is 35.2 Å². The largest absolute Gasteiger partial charge is 0.573 e. The molecule has 2 aromatic rings. The zero-order valence-electron chi connectivity index (χ0n) is 10.8. The third-order valence-electron chi connectivity index (χ3n) is 2.70. The number of halogens is 6. The van der Waals surface area contributed by atoms with Crippen molar-refractivity contribution >= 4 is 5.69 Å². The van der Waals surface area contributed by atoms with Crippen LogP contribution in [0.3, 0.4) is 0 Å². The molecule has 0 aromatic heterocycles. The second-order valence-electron chi connectivity index (χ2n) is 4.41. The number of hydrogen-bond donors (Lipinski definition) is 1. The van der Waals surface area contributed by atoms with E-state index in [-0.39, 0.29) is 16.8 Å². The molecule has 0 bridgehead atoms. The minimum absolute atomic E-state index is 0.0968. The Labute approximate surface area is 121 Å². The van der Waals surface area contributed by atoms with Crippen molar-refractivity contribution in [3.63, 3.8) is 0 Å². The van der Waals surface area contributed by atoms with E-state index in [2.05, 4.69) is 4.74 Å². The molecule has 0 unspecified atom stereocenters. The second kappa shape index (κ2) is 5.43. The maximum absolute atomic E-state index is 12.7. The van der Waals surface area contributed by atoms with Crippen LogP contribution in [0.4, 0.5) is 32.0 Å². The lowest BCUT2D eigenvalue weighted by Gasteiger charge is -2.12. The molecule has 2 rings (SSSR count). The lowest BCUT2D eigenvalue weighted by Crippen LogP contribution is -2.16. The molecule has 0 saturated carbocycles. The summed E-state index contributed by atoms with van der Waals surface area (Å²) in [6.45, 7) is 0. The van der Waals surface area contributed by atoms with E-state index in [1.54, 1.807) is 0 Å². The highest BCUT2D eigenvalue weighted by Gasteiger charge is 2.32. The van der Waals surface area contributed by atoms with Gasteiger partial charge in [0, 0.05) is 5.69 Å². The van der Waals surface area contributed by atoms with Crippen LogP contribution >= 0.6 is 0 Å². The number of ether oxygens (including phenoxy) is 1. The lowest BCUT2D eigenvalue weighted by atomic mass is 10.0. The van der Waals surface area contributed by atoms with E-state index in [0.717, 1.165) is 24.3 Å². The van der Waals surface area contributed by atoms with Gasteiger partial charge in [0.1, 0.15) is 5.75 Å². The highest BCUT2D eigenvalue weighted by atomic mass is 19.4. The molecule has 0 amide bonds. The molecular weight excluding hydrogens is 312 g/mol. The average Bonchev–Trinajstić information content (AvgIpc) is 2.36. The number of hydrogen-bond acceptors (Lipinski definition) is 2. The third kappa shape index (κ3) is 4.06. The highest BCUT2D eigenvalue weighted by molar-refractivity contribution is 5.69. The van der Waals surface area contributed by atoms with Crippen LogP contribution < -0.4 is 10.5 Å². The molecule has 0 aliphatic rings. The second-order valence-corrected chi connectivity index (χ2v) is 4.41. The zero-order valence-corrected chi connectivity index (χ0v) is 10.8. The van der Waals surface area contributed by atoms with Crippen LogP contribution in [0.15, 0.2) is 42.5 Å². The van der Waals surface area contributed by atoms with Crippen molar-refractivity contribution < 1.29 is 31.1 Å². The predicted molar refractivity (Wildman–Crippen MR) is 68.0 cm³/mol. The summed E-state index contributed by atoms with van der Waals surface area (Å²) in [5, 5.41) is 0. The van der Waals surface area contributed by atoms with Gasteiger partial charge in [0.05, 0.1) is 5.56 Å². The Morgan fingerprint density at radius 2 is 1.36 bits per heavy atom. The van der Waals surface area contributed by atoms with Crippen molar-refractivity contribution in [2.75, 3.05) is 5.73 Å². The Hall–Kier alpha value is -2.38. The van der Waals surface area contributed by atoms with E-state index in [4.69, 9.17) is 5.73 Å². The van der Waals surface area contributed by atoms with Crippen LogP contribution in [0.2, 0.25) is 0 Å². The maximum Gasteiger partial charge on any atom is 0.573 e. The molecule has 118 valence electrons. The van der Waals surface area contributed by atoms with Gasteiger partial charge in [-0.25, -0.2) is 0 Å². The summed E-state index contributed by atoms with van der Waals surface area (Å²) < 4.78 is 77.9. The first-order valence-electron chi connectivity index (χ1n) is 5.88. The quantitative estimate of drug-likeness (QED) is 0.634. The number of nitrogen functional groups attached to an aromatic ring is 1. The molecular formula is C14H9F6NO. The van der Waals surface area contributed by atoms with Crippen LogP contribution in [0.5, 0.6) is 5.75 Å². The van der Waals surface area contributed by atoms with Gasteiger partial charge in [0.2, 0.25) is 0 Å². The van der Waals surface area contributed by atoms with E-state index in [1.165, 1.54) is 18.2 Å². The molecule has 0 radical (unpaired) electrons. The van der Waals surface area contributed by atoms with Crippen LogP contribution in [-0.2, 0) is 6.18 Å². The number of rotatable bonds is 2. The van der Waals surface area contributed by atoms with Crippen LogP contribution in [0.1, 0.15) is 5.56 Å². The first kappa shape index (κ1) is 16.0. The summed E-state index contributed by atoms with van der Waals surface area (Å²) in [6.07, 6.45) is -9.40. The Bertz CT molecular complexity index is 661. The molecule has 0 fully saturated rings. The Morgan fingerprint density at radius 3 is 1.86 bits per heavy atom. The summed E-state index contributed by atoms with van der Waals surface area (Å²) in [6, 6.07) is 7.42. The number of anilines is 1. The first-order valence-corrected chi connectivity index (χ1v) is 5.88. The van der Waals surface area contributed by atoms with Crippen molar-refractivity contribution in [2.45, 2.75) is 12.5 Å². The molecule has 2 aromatic carbocycles. The van der Waals surface area contributed by atoms with Crippen LogP contribution in [0.25, 0.3) is 11.1 Å². The minimum Gasteiger partial charge on any atom is -0.406 e. The van der Waals surface area contributed by atoms with Gasteiger partial charge < -0.3 is 10.5 Å². The maximum atomic E-state index is 12.7. The van der Waals surface area contributed by atoms with Gasteiger partial charge in [0.15, 0.2) is 0 Å². The fourth-order valence-electron chi connectivity index (χ4n) is 1.83. The number of benzene rings is 2. The van der Waals surface area contributed by atoms with Crippen molar-refractivity contribution in [3.8, 4) is 16.9 Å². The van der Waals surface area contributed by atoms with Crippen LogP contribution in [0, 0.1) is 0 Å². The molecule has 0 aliphatic carbocycles. The minimum atomic E-state index is -4.83. The van der Waals surface area contributed by atoms with E-state index in [0.29, 0.717) is 0 Å². The fraction of sp³-hybridized carbons (Fsp3) is 0.143. The first-order chi connectivity index (χ1) is 10.0. The molecule has 0 atom stereocenters. The Morgan fingerprint density at radius 1 is 0.773 bits per heavy atom. The lowest BCUT2D eigenvalue weighted by molar-refractivity contribution is -0.274. The van der Waals surface area contributed by atoms with Gasteiger partial charge in [-0.1, -0.05) is 12.1 Å². The third-order valence-corrected chi connectivity index (χ3v) is 2.70. The summed E-state index contributed by atoms with van der Waals surface area (Å²) in [7, 11) is 0. The van der Waals surface area contributed by atoms with Gasteiger partial charge in [-0.15, -0.1) is 13.2 Å². The SMILES string of the molecule is Nc1cc(-c2ccc(OC(F)(F)F)cc2)cc(C(F)(F)F)c1. The summed E-state index contributed by atoms with van der Waals surface area (Å²) in [5.74, 6) is -0.462. The Kier molecular flexibility index (Phi) is 3.95. The smallest absolute Gasteiger partial charge is 0.406 e. The van der Waals surface area contributed by atoms with E-state index >= 15 is 0 Å². The number of nitrogens with two attached hydrogens (primary N) is 1. The van der Waals surface area contributed by atoms with Crippen molar-refractivity contribution in [1.29, 1.82) is 0 Å². The van der Waals surface area contributed by atoms with Gasteiger partial charge in [0.25, 0.3) is 0 Å². The van der Waals surface area contributed by atoms with Gasteiger partial charge in [-0.3, -0.25) is 0 Å². The molecule has 22 heavy (non-hydrogen) atoms. The number of alkyl halides is 6. The molecule has 2 nitrogen and oxygen atoms in total. The zero-order chi connectivity index (χ0) is 16.5. The van der Waals surface area contributed by atoms with Crippen LogP contribution in [-0.4, -0.2) is 6.36 Å². The summed E-state index contributed by atoms with van der Waals surface area (Å²) in [5.41, 5.74) is 4.83. The van der Waals surface area contributed by atoms with E-state index in [1.807, 2.05) is 0 Å². The van der Waals surface area contributed by atoms with Crippen molar-refractivity contribution in [1.82, 2.24) is 0 Å².